The number of likely N-dealkylation sites (tertiary alicyclic amines) is 1. The van der Waals surface area contributed by atoms with Gasteiger partial charge in [0.05, 0.1) is 17.2 Å². The molecule has 5 nitrogen and oxygen atoms in total. The molecule has 0 aromatic heterocycles. The molecule has 2 heterocycles. The Morgan fingerprint density at radius 2 is 2.24 bits per heavy atom. The van der Waals surface area contributed by atoms with Crippen LogP contribution in [0.1, 0.15) is 35.2 Å². The van der Waals surface area contributed by atoms with Gasteiger partial charge in [0.1, 0.15) is 5.75 Å². The lowest BCUT2D eigenvalue weighted by Crippen LogP contribution is -2.45. The van der Waals surface area contributed by atoms with E-state index in [9.17, 15) is 4.79 Å². The number of piperidine rings is 1. The van der Waals surface area contributed by atoms with Gasteiger partial charge in [0.15, 0.2) is 0 Å². The molecule has 0 spiro atoms. The van der Waals surface area contributed by atoms with Crippen molar-refractivity contribution in [3.05, 3.63) is 26.7 Å². The van der Waals surface area contributed by atoms with Crippen LogP contribution < -0.4 is 10.1 Å². The Morgan fingerprint density at radius 1 is 1.48 bits per heavy atom. The van der Waals surface area contributed by atoms with E-state index in [2.05, 4.69) is 26.1 Å². The van der Waals surface area contributed by atoms with Gasteiger partial charge in [-0.05, 0) is 41.3 Å². The molecule has 1 aromatic rings. The van der Waals surface area contributed by atoms with Crippen LogP contribution in [0.15, 0.2) is 10.5 Å². The molecule has 0 bridgehead atoms. The Labute approximate surface area is 162 Å². The van der Waals surface area contributed by atoms with Crippen molar-refractivity contribution < 1.29 is 14.3 Å². The average molecular weight is 432 g/mol. The minimum absolute atomic E-state index is 0.0922. The van der Waals surface area contributed by atoms with Crippen molar-refractivity contribution >= 4 is 33.4 Å². The van der Waals surface area contributed by atoms with Gasteiger partial charge in [0.2, 0.25) is 0 Å². The van der Waals surface area contributed by atoms with Crippen molar-refractivity contribution in [3.63, 3.8) is 0 Å². The molecule has 0 saturated carbocycles. The third kappa shape index (κ3) is 4.48. The number of fused-ring (bicyclic) bond motifs is 1. The van der Waals surface area contributed by atoms with Gasteiger partial charge in [-0.3, -0.25) is 4.79 Å². The number of ether oxygens (including phenoxy) is 2. The van der Waals surface area contributed by atoms with Gasteiger partial charge in [0, 0.05) is 55.8 Å². The molecule has 1 fully saturated rings. The third-order valence-electron chi connectivity index (χ3n) is 4.85. The zero-order chi connectivity index (χ0) is 17.8. The Kier molecular flexibility index (Phi) is 6.61. The van der Waals surface area contributed by atoms with Crippen LogP contribution in [0, 0.1) is 0 Å². The molecule has 0 aliphatic carbocycles. The number of hydrogen-bond acceptors (Lipinski definition) is 4. The fourth-order valence-electron chi connectivity index (χ4n) is 3.47. The quantitative estimate of drug-likeness (QED) is 0.702. The molecule has 1 aromatic carbocycles. The number of halogens is 2. The lowest BCUT2D eigenvalue weighted by atomic mass is 10.0. The second-order valence-corrected chi connectivity index (χ2v) is 7.76. The molecule has 0 radical (unpaired) electrons. The summed E-state index contributed by atoms with van der Waals surface area (Å²) in [4.78, 5) is 15.2. The number of methoxy groups -OCH3 is 1. The highest BCUT2D eigenvalue weighted by Gasteiger charge is 2.27. The van der Waals surface area contributed by atoms with Crippen LogP contribution >= 0.6 is 27.5 Å². The summed E-state index contributed by atoms with van der Waals surface area (Å²) in [6.45, 7) is 4.45. The first-order chi connectivity index (χ1) is 12.1. The van der Waals surface area contributed by atoms with Crippen LogP contribution in [0.25, 0.3) is 0 Å². The molecular weight excluding hydrogens is 408 g/mol. The topological polar surface area (TPSA) is 50.8 Å². The van der Waals surface area contributed by atoms with E-state index >= 15 is 0 Å². The van der Waals surface area contributed by atoms with E-state index in [-0.39, 0.29) is 11.9 Å². The zero-order valence-corrected chi connectivity index (χ0v) is 16.8. The summed E-state index contributed by atoms with van der Waals surface area (Å²) < 4.78 is 11.6. The van der Waals surface area contributed by atoms with Crippen LogP contribution in [0.3, 0.4) is 0 Å². The number of nitrogens with zero attached hydrogens (tertiary/aromatic N) is 1. The first-order valence-corrected chi connectivity index (χ1v) is 9.93. The third-order valence-corrected chi connectivity index (χ3v) is 6.29. The van der Waals surface area contributed by atoms with Crippen LogP contribution in [0.2, 0.25) is 5.02 Å². The predicted octanol–water partition coefficient (Wildman–Crippen LogP) is 3.27. The van der Waals surface area contributed by atoms with Crippen molar-refractivity contribution in [1.82, 2.24) is 10.2 Å². The normalized spacial score (nSPS) is 18.0. The summed E-state index contributed by atoms with van der Waals surface area (Å²) in [6.07, 6.45) is 3.75. The van der Waals surface area contributed by atoms with Crippen molar-refractivity contribution in [2.24, 2.45) is 0 Å². The van der Waals surface area contributed by atoms with E-state index in [0.717, 1.165) is 62.0 Å². The van der Waals surface area contributed by atoms with Crippen LogP contribution in [0.4, 0.5) is 0 Å². The zero-order valence-electron chi connectivity index (χ0n) is 14.4. The van der Waals surface area contributed by atoms with Gasteiger partial charge >= 0.3 is 0 Å². The molecule has 7 heteroatoms. The lowest BCUT2D eigenvalue weighted by Gasteiger charge is -2.32. The Hall–Kier alpha value is -0.820. The SMILES string of the molecule is COCCCN1CCC(NC(=O)c2cc(Cl)c(Br)c3c2OCC3)CC1. The fourth-order valence-corrected chi connectivity index (χ4v) is 4.19. The average Bonchev–Trinajstić information content (AvgIpc) is 3.10. The van der Waals surface area contributed by atoms with Gasteiger partial charge in [0.25, 0.3) is 5.91 Å². The number of carbonyl (C=O) groups excluding carboxylic acids is 1. The molecule has 3 rings (SSSR count). The molecule has 2 aliphatic heterocycles. The van der Waals surface area contributed by atoms with Crippen LogP contribution in [-0.4, -0.2) is 56.8 Å². The van der Waals surface area contributed by atoms with Crippen molar-refractivity contribution in [2.75, 3.05) is 40.0 Å². The summed E-state index contributed by atoms with van der Waals surface area (Å²) in [5.74, 6) is 0.580. The minimum atomic E-state index is -0.0922. The van der Waals surface area contributed by atoms with Gasteiger partial charge in [-0.25, -0.2) is 0 Å². The van der Waals surface area contributed by atoms with Gasteiger partial charge in [-0.2, -0.15) is 0 Å². The largest absolute Gasteiger partial charge is 0.492 e. The number of carbonyl (C=O) groups is 1. The first kappa shape index (κ1) is 19.0. The predicted molar refractivity (Wildman–Crippen MR) is 102 cm³/mol. The molecule has 138 valence electrons. The highest BCUT2D eigenvalue weighted by molar-refractivity contribution is 9.10. The van der Waals surface area contributed by atoms with Crippen molar-refractivity contribution in [1.29, 1.82) is 0 Å². The second-order valence-electron chi connectivity index (χ2n) is 6.56. The van der Waals surface area contributed by atoms with Crippen molar-refractivity contribution in [3.8, 4) is 5.75 Å². The minimum Gasteiger partial charge on any atom is -0.492 e. The highest BCUT2D eigenvalue weighted by atomic mass is 79.9. The molecule has 1 saturated heterocycles. The maximum absolute atomic E-state index is 12.7. The Bertz CT molecular complexity index is 633. The van der Waals surface area contributed by atoms with Crippen LogP contribution in [-0.2, 0) is 11.2 Å². The van der Waals surface area contributed by atoms with E-state index < -0.39 is 0 Å². The molecule has 0 unspecified atom stereocenters. The molecular formula is C18H24BrClN2O3. The molecule has 0 atom stereocenters. The first-order valence-electron chi connectivity index (χ1n) is 8.76. The highest BCUT2D eigenvalue weighted by Crippen LogP contribution is 2.40. The Morgan fingerprint density at radius 3 is 2.96 bits per heavy atom. The summed E-state index contributed by atoms with van der Waals surface area (Å²) in [6, 6.07) is 1.90. The van der Waals surface area contributed by atoms with Crippen LogP contribution in [0.5, 0.6) is 5.75 Å². The second kappa shape index (κ2) is 8.71. The van der Waals surface area contributed by atoms with E-state index in [0.29, 0.717) is 22.9 Å². The smallest absolute Gasteiger partial charge is 0.255 e. The monoisotopic (exact) mass is 430 g/mol. The summed E-state index contributed by atoms with van der Waals surface area (Å²) in [5.41, 5.74) is 1.54. The summed E-state index contributed by atoms with van der Waals surface area (Å²) >= 11 is 9.75. The van der Waals surface area contributed by atoms with E-state index in [4.69, 9.17) is 21.1 Å². The Balaban J connectivity index is 1.57. The maximum atomic E-state index is 12.7. The number of nitrogens with one attached hydrogen (secondary N) is 1. The number of amides is 1. The van der Waals surface area contributed by atoms with Gasteiger partial charge in [-0.1, -0.05) is 11.6 Å². The van der Waals surface area contributed by atoms with Gasteiger partial charge < -0.3 is 19.7 Å². The fraction of sp³-hybridized carbons (Fsp3) is 0.611. The van der Waals surface area contributed by atoms with Crippen molar-refractivity contribution in [2.45, 2.75) is 31.7 Å². The number of benzene rings is 1. The standard InChI is InChI=1S/C18H24BrClN2O3/c1-24-9-2-6-22-7-3-12(4-8-22)21-18(23)14-11-15(20)16(19)13-5-10-25-17(13)14/h11-12H,2-10H2,1H3,(H,21,23). The van der Waals surface area contributed by atoms with E-state index in [1.807, 2.05) is 0 Å². The number of hydrogen-bond donors (Lipinski definition) is 1. The van der Waals surface area contributed by atoms with Gasteiger partial charge in [-0.15, -0.1) is 0 Å². The maximum Gasteiger partial charge on any atom is 0.255 e. The molecule has 2 aliphatic rings. The lowest BCUT2D eigenvalue weighted by molar-refractivity contribution is 0.0904. The number of rotatable bonds is 6. The summed E-state index contributed by atoms with van der Waals surface area (Å²) in [7, 11) is 1.73. The summed E-state index contributed by atoms with van der Waals surface area (Å²) in [5, 5.41) is 3.71. The van der Waals surface area contributed by atoms with E-state index in [1.165, 1.54) is 0 Å². The molecule has 1 amide bonds. The molecule has 25 heavy (non-hydrogen) atoms. The van der Waals surface area contributed by atoms with E-state index in [1.54, 1.807) is 13.2 Å². The molecule has 1 N–H and O–H groups in total.